The molecular formula is C45H51F5N6O6. The van der Waals surface area contributed by atoms with Crippen molar-refractivity contribution in [3.63, 3.8) is 0 Å². The number of methoxy groups -OCH3 is 1. The first-order valence-electron chi connectivity index (χ1n) is 21.1. The smallest absolute Gasteiger partial charge is 0.411 e. The zero-order chi connectivity index (χ0) is 44.1. The summed E-state index contributed by atoms with van der Waals surface area (Å²) in [6.45, 7) is 7.42. The van der Waals surface area contributed by atoms with Gasteiger partial charge in [0.25, 0.3) is 0 Å². The quantitative estimate of drug-likeness (QED) is 0.0827. The number of fused-ring (bicyclic) bond motifs is 4. The van der Waals surface area contributed by atoms with Gasteiger partial charge in [-0.1, -0.05) is 18.9 Å². The van der Waals surface area contributed by atoms with E-state index in [4.69, 9.17) is 45.1 Å². The molecule has 8 rings (SSSR count). The molecule has 2 aromatic carbocycles. The van der Waals surface area contributed by atoms with Crippen LogP contribution in [-0.2, 0) is 20.6 Å². The summed E-state index contributed by atoms with van der Waals surface area (Å²) >= 11 is 0. The number of ether oxygens (including phenoxy) is 5. The van der Waals surface area contributed by atoms with Gasteiger partial charge in [0.05, 0.1) is 34.8 Å². The fourth-order valence-electron chi connectivity index (χ4n) is 9.74. The van der Waals surface area contributed by atoms with Gasteiger partial charge < -0.3 is 33.5 Å². The summed E-state index contributed by atoms with van der Waals surface area (Å²) in [4.78, 5) is 34.4. The summed E-state index contributed by atoms with van der Waals surface area (Å²) in [7, 11) is 1.47. The van der Waals surface area contributed by atoms with Crippen molar-refractivity contribution in [2.75, 3.05) is 58.3 Å². The number of carbonyl (C=O) groups is 1. The summed E-state index contributed by atoms with van der Waals surface area (Å²) in [5.74, 6) is 1.69. The maximum absolute atomic E-state index is 17.7. The van der Waals surface area contributed by atoms with E-state index in [-0.39, 0.29) is 71.9 Å². The van der Waals surface area contributed by atoms with Crippen LogP contribution in [0.3, 0.4) is 0 Å². The van der Waals surface area contributed by atoms with Gasteiger partial charge >= 0.3 is 18.3 Å². The van der Waals surface area contributed by atoms with Crippen molar-refractivity contribution < 1.29 is 50.4 Å². The fraction of sp³-hybridized carbons (Fsp3) is 0.556. The average molecular weight is 867 g/mol. The van der Waals surface area contributed by atoms with E-state index in [1.165, 1.54) is 19.2 Å². The van der Waals surface area contributed by atoms with Crippen LogP contribution >= 0.6 is 0 Å². The summed E-state index contributed by atoms with van der Waals surface area (Å²) < 4.78 is 100. The highest BCUT2D eigenvalue weighted by Crippen LogP contribution is 2.45. The first-order chi connectivity index (χ1) is 29.5. The molecule has 2 aromatic heterocycles. The minimum Gasteiger partial charge on any atom is -0.468 e. The molecule has 6 heterocycles. The zero-order valence-electron chi connectivity index (χ0n) is 35.5. The lowest BCUT2D eigenvalue weighted by Gasteiger charge is -2.46. The van der Waals surface area contributed by atoms with Gasteiger partial charge in [0.15, 0.2) is 12.6 Å². The summed E-state index contributed by atoms with van der Waals surface area (Å²) in [6, 6.07) is 5.15. The Balaban J connectivity index is 1.24. The molecule has 4 aliphatic heterocycles. The van der Waals surface area contributed by atoms with Crippen LogP contribution in [0.5, 0.6) is 11.8 Å². The van der Waals surface area contributed by atoms with Crippen molar-refractivity contribution in [3.8, 4) is 35.4 Å². The predicted octanol–water partition coefficient (Wildman–Crippen LogP) is 8.19. The van der Waals surface area contributed by atoms with Crippen molar-refractivity contribution in [2.24, 2.45) is 0 Å². The predicted molar refractivity (Wildman–Crippen MR) is 221 cm³/mol. The molecule has 17 heteroatoms. The van der Waals surface area contributed by atoms with Crippen LogP contribution in [0.1, 0.15) is 77.5 Å². The standard InChI is InChI=1S/C45H51F5N6O6/c1-7-27-20-54-28(21-55(27)42(57)62-43(3,4)5)11-13-34-36-39(37(47)38(51-34)32-19-30(61-25-58-6)18-26-10-12-33(46)31(8-2)35(26)32)52-41(53-40(36)54)60-23-44-15-9-17-56(44)29(14-16-44)22-59-24-45(48,49)50/h2,10,12,18-19,27-29H,7,9,11,13-17,20-25H2,1,3-6H3/t27-,28-,29+,44?/m1/s1. The van der Waals surface area contributed by atoms with Gasteiger partial charge in [-0.05, 0) is 95.8 Å². The molecule has 332 valence electrons. The minimum atomic E-state index is -4.42. The molecule has 1 amide bonds. The molecule has 3 fully saturated rings. The molecule has 0 saturated carbocycles. The van der Waals surface area contributed by atoms with Gasteiger partial charge in [-0.2, -0.15) is 23.1 Å². The zero-order valence-corrected chi connectivity index (χ0v) is 35.5. The van der Waals surface area contributed by atoms with Crippen LogP contribution in [-0.4, -0.2) is 120 Å². The van der Waals surface area contributed by atoms with Crippen LogP contribution in [0.15, 0.2) is 24.3 Å². The Labute approximate surface area is 357 Å². The number of terminal acetylenes is 1. The van der Waals surface area contributed by atoms with E-state index < -0.39 is 41.7 Å². The number of amides is 1. The van der Waals surface area contributed by atoms with Gasteiger partial charge in [0, 0.05) is 43.2 Å². The number of piperazine rings is 1. The number of carbonyl (C=O) groups excluding carboxylic acids is 1. The number of aryl methyl sites for hydroxylation is 1. The number of hydrogen-bond donors (Lipinski definition) is 0. The normalized spacial score (nSPS) is 22.7. The van der Waals surface area contributed by atoms with Gasteiger partial charge in [0.2, 0.25) is 0 Å². The highest BCUT2D eigenvalue weighted by molar-refractivity contribution is 6.03. The minimum absolute atomic E-state index is 0.0609. The van der Waals surface area contributed by atoms with Crippen molar-refractivity contribution in [1.29, 1.82) is 0 Å². The SMILES string of the molecule is C#Cc1c(F)ccc2cc(OCOC)cc(-c3nc4c5c(nc(OCC67CCCN6[C@H](COCC(F)(F)F)CC7)nc5c3F)N3C[C@@H](CC)N(C(=O)OC(C)(C)C)C[C@H]3CC4)c12. The van der Waals surface area contributed by atoms with Crippen LogP contribution in [0, 0.1) is 24.0 Å². The summed E-state index contributed by atoms with van der Waals surface area (Å²) in [5.41, 5.74) is -0.785. The van der Waals surface area contributed by atoms with Crippen molar-refractivity contribution in [3.05, 3.63) is 47.2 Å². The van der Waals surface area contributed by atoms with Crippen LogP contribution < -0.4 is 14.4 Å². The monoisotopic (exact) mass is 866 g/mol. The number of alkyl halides is 3. The number of anilines is 1. The van der Waals surface area contributed by atoms with E-state index in [1.807, 2.05) is 27.7 Å². The van der Waals surface area contributed by atoms with Gasteiger partial charge in [-0.25, -0.2) is 18.6 Å². The largest absolute Gasteiger partial charge is 0.468 e. The van der Waals surface area contributed by atoms with Gasteiger partial charge in [-0.15, -0.1) is 6.42 Å². The van der Waals surface area contributed by atoms with Gasteiger partial charge in [-0.3, -0.25) is 4.90 Å². The Kier molecular flexibility index (Phi) is 11.9. The molecule has 4 aromatic rings. The van der Waals surface area contributed by atoms with Crippen LogP contribution in [0.2, 0.25) is 0 Å². The lowest BCUT2D eigenvalue weighted by Crippen LogP contribution is -2.60. The number of rotatable bonds is 11. The topological polar surface area (TPSA) is 112 Å². The first-order valence-corrected chi connectivity index (χ1v) is 21.1. The molecule has 0 aliphatic carbocycles. The van der Waals surface area contributed by atoms with Crippen LogP contribution in [0.4, 0.5) is 32.6 Å². The maximum Gasteiger partial charge on any atom is 0.411 e. The number of halogens is 5. The van der Waals surface area contributed by atoms with E-state index in [0.29, 0.717) is 79.8 Å². The molecule has 0 spiro atoms. The van der Waals surface area contributed by atoms with Gasteiger partial charge in [0.1, 0.15) is 47.4 Å². The lowest BCUT2D eigenvalue weighted by molar-refractivity contribution is -0.177. The molecule has 4 atom stereocenters. The summed E-state index contributed by atoms with van der Waals surface area (Å²) in [6.07, 6.45) is 5.34. The molecule has 0 N–H and O–H groups in total. The molecule has 0 radical (unpaired) electrons. The van der Waals surface area contributed by atoms with Crippen molar-refractivity contribution in [1.82, 2.24) is 24.8 Å². The Morgan fingerprint density at radius 1 is 1.02 bits per heavy atom. The van der Waals surface area contributed by atoms with Crippen molar-refractivity contribution in [2.45, 2.75) is 108 Å². The van der Waals surface area contributed by atoms with E-state index >= 15 is 8.78 Å². The third-order valence-electron chi connectivity index (χ3n) is 12.5. The molecule has 0 bridgehead atoms. The maximum atomic E-state index is 17.7. The van der Waals surface area contributed by atoms with Crippen molar-refractivity contribution >= 4 is 33.6 Å². The van der Waals surface area contributed by atoms with E-state index in [2.05, 4.69) is 15.7 Å². The molecule has 12 nitrogen and oxygen atoms in total. The Bertz CT molecular complexity index is 2400. The lowest BCUT2D eigenvalue weighted by atomic mass is 9.95. The first kappa shape index (κ1) is 43.6. The number of pyridine rings is 1. The fourth-order valence-corrected chi connectivity index (χ4v) is 9.74. The third-order valence-corrected chi connectivity index (χ3v) is 12.5. The molecule has 62 heavy (non-hydrogen) atoms. The Hall–Kier alpha value is -5.05. The second-order valence-corrected chi connectivity index (χ2v) is 17.6. The molecule has 3 saturated heterocycles. The summed E-state index contributed by atoms with van der Waals surface area (Å²) in [5, 5.41) is 1.15. The molecule has 4 aliphatic rings. The number of aromatic nitrogens is 3. The number of hydrogen-bond acceptors (Lipinski definition) is 11. The van der Waals surface area contributed by atoms with Crippen LogP contribution in [0.25, 0.3) is 32.9 Å². The highest BCUT2D eigenvalue weighted by Gasteiger charge is 2.50. The number of nitrogens with zero attached hydrogens (tertiary/aromatic N) is 6. The molecular weight excluding hydrogens is 816 g/mol. The molecule has 1 unspecified atom stereocenters. The average Bonchev–Trinajstić information content (AvgIpc) is 3.75. The van der Waals surface area contributed by atoms with E-state index in [0.717, 1.165) is 12.8 Å². The number of benzene rings is 2. The second-order valence-electron chi connectivity index (χ2n) is 17.6. The Morgan fingerprint density at radius 3 is 2.55 bits per heavy atom. The van der Waals surface area contributed by atoms with E-state index in [1.54, 1.807) is 17.0 Å². The highest BCUT2D eigenvalue weighted by atomic mass is 19.4. The third kappa shape index (κ3) is 8.40. The second kappa shape index (κ2) is 16.9. The Morgan fingerprint density at radius 2 is 1.82 bits per heavy atom. The van der Waals surface area contributed by atoms with E-state index in [9.17, 15) is 18.0 Å².